The Balaban J connectivity index is 0.000000501. The van der Waals surface area contributed by atoms with Crippen molar-refractivity contribution in [3.8, 4) is 0 Å². The standard InChI is InChI=1S/C17H16F2N2O3S.C2H2O4/c18-13-5-7-14(8-6-13)25(23,24)21-11-9-20(10-12-21)17(22)15-3-1-2-4-16(15)19;3-1(4)2(5)6/h1-8H,9-12H2;(H,3,4)(H,5,6). The molecule has 1 amide bonds. The molecule has 1 saturated heterocycles. The molecule has 9 nitrogen and oxygen atoms in total. The van der Waals surface area contributed by atoms with Crippen LogP contribution in [0.3, 0.4) is 0 Å². The van der Waals surface area contributed by atoms with E-state index in [4.69, 9.17) is 19.8 Å². The molecule has 1 aliphatic heterocycles. The molecule has 1 fully saturated rings. The van der Waals surface area contributed by atoms with Crippen LogP contribution < -0.4 is 0 Å². The minimum atomic E-state index is -3.75. The van der Waals surface area contributed by atoms with Crippen LogP contribution >= 0.6 is 0 Å². The van der Waals surface area contributed by atoms with Crippen molar-refractivity contribution in [1.82, 2.24) is 9.21 Å². The molecule has 2 aromatic carbocycles. The molecule has 1 aliphatic rings. The summed E-state index contributed by atoms with van der Waals surface area (Å²) in [6.07, 6.45) is 0. The van der Waals surface area contributed by atoms with Crippen molar-refractivity contribution in [2.75, 3.05) is 26.2 Å². The van der Waals surface area contributed by atoms with E-state index in [-0.39, 0.29) is 36.6 Å². The highest BCUT2D eigenvalue weighted by molar-refractivity contribution is 7.89. The molecule has 0 saturated carbocycles. The van der Waals surface area contributed by atoms with Crippen LogP contribution in [0.15, 0.2) is 53.4 Å². The Labute approximate surface area is 176 Å². The first-order valence-electron chi connectivity index (χ1n) is 8.79. The zero-order chi connectivity index (χ0) is 23.2. The van der Waals surface area contributed by atoms with E-state index in [1.165, 1.54) is 39.5 Å². The van der Waals surface area contributed by atoms with Gasteiger partial charge in [0.05, 0.1) is 10.5 Å². The highest BCUT2D eigenvalue weighted by Gasteiger charge is 2.31. The van der Waals surface area contributed by atoms with Gasteiger partial charge in [-0.3, -0.25) is 4.79 Å². The summed E-state index contributed by atoms with van der Waals surface area (Å²) in [7, 11) is -3.75. The highest BCUT2D eigenvalue weighted by Crippen LogP contribution is 2.19. The van der Waals surface area contributed by atoms with Crippen molar-refractivity contribution in [2.45, 2.75) is 4.90 Å². The molecule has 0 spiro atoms. The topological polar surface area (TPSA) is 132 Å². The zero-order valence-electron chi connectivity index (χ0n) is 15.9. The number of amides is 1. The number of nitrogens with zero attached hydrogens (tertiary/aromatic N) is 2. The Hall–Kier alpha value is -3.38. The molecule has 0 unspecified atom stereocenters. The van der Waals surface area contributed by atoms with E-state index in [9.17, 15) is 22.0 Å². The predicted molar refractivity (Wildman–Crippen MR) is 103 cm³/mol. The van der Waals surface area contributed by atoms with Gasteiger partial charge in [-0.25, -0.2) is 26.8 Å². The van der Waals surface area contributed by atoms with Crippen LogP contribution in [0.5, 0.6) is 0 Å². The number of carboxylic acid groups (broad SMARTS) is 2. The predicted octanol–water partition coefficient (Wildman–Crippen LogP) is 1.27. The van der Waals surface area contributed by atoms with Gasteiger partial charge in [0.15, 0.2) is 0 Å². The molecule has 0 aliphatic carbocycles. The SMILES string of the molecule is O=C(O)C(=O)O.O=C(c1ccccc1F)N1CCN(S(=O)(=O)c2ccc(F)cc2)CC1. The molecule has 2 N–H and O–H groups in total. The fourth-order valence-electron chi connectivity index (χ4n) is 2.69. The maximum atomic E-state index is 13.7. The van der Waals surface area contributed by atoms with Gasteiger partial charge in [0.25, 0.3) is 5.91 Å². The summed E-state index contributed by atoms with van der Waals surface area (Å²) in [5.74, 6) is -5.23. The van der Waals surface area contributed by atoms with Crippen LogP contribution in [-0.4, -0.2) is 71.9 Å². The van der Waals surface area contributed by atoms with E-state index in [1.54, 1.807) is 6.07 Å². The van der Waals surface area contributed by atoms with E-state index in [0.717, 1.165) is 12.1 Å². The summed E-state index contributed by atoms with van der Waals surface area (Å²) < 4.78 is 53.0. The van der Waals surface area contributed by atoms with Crippen LogP contribution in [0.4, 0.5) is 8.78 Å². The third kappa shape index (κ3) is 6.06. The average molecular weight is 456 g/mol. The lowest BCUT2D eigenvalue weighted by Gasteiger charge is -2.34. The molecule has 0 atom stereocenters. The third-order valence-electron chi connectivity index (χ3n) is 4.26. The van der Waals surface area contributed by atoms with Gasteiger partial charge in [-0.1, -0.05) is 12.1 Å². The fraction of sp³-hybridized carbons (Fsp3) is 0.211. The number of piperazine rings is 1. The third-order valence-corrected chi connectivity index (χ3v) is 6.18. The van der Waals surface area contributed by atoms with Crippen molar-refractivity contribution < 1.29 is 41.8 Å². The summed E-state index contributed by atoms with van der Waals surface area (Å²) >= 11 is 0. The number of hydrogen-bond acceptors (Lipinski definition) is 5. The number of carboxylic acids is 2. The summed E-state index contributed by atoms with van der Waals surface area (Å²) in [6, 6.07) is 10.3. The molecular weight excluding hydrogens is 438 g/mol. The van der Waals surface area contributed by atoms with E-state index < -0.39 is 39.5 Å². The number of carbonyl (C=O) groups is 3. The lowest BCUT2D eigenvalue weighted by atomic mass is 10.1. The smallest absolute Gasteiger partial charge is 0.414 e. The van der Waals surface area contributed by atoms with Crippen LogP contribution in [0, 0.1) is 11.6 Å². The van der Waals surface area contributed by atoms with Crippen LogP contribution in [0.1, 0.15) is 10.4 Å². The number of halogens is 2. The number of aliphatic carboxylic acids is 2. The Morgan fingerprint density at radius 1 is 0.806 bits per heavy atom. The van der Waals surface area contributed by atoms with Crippen LogP contribution in [0.2, 0.25) is 0 Å². The van der Waals surface area contributed by atoms with Crippen molar-refractivity contribution in [1.29, 1.82) is 0 Å². The van der Waals surface area contributed by atoms with Gasteiger partial charge in [-0.15, -0.1) is 0 Å². The Bertz CT molecular complexity index is 1050. The van der Waals surface area contributed by atoms with E-state index in [0.29, 0.717) is 0 Å². The van der Waals surface area contributed by atoms with Crippen LogP contribution in [-0.2, 0) is 19.6 Å². The fourth-order valence-corrected chi connectivity index (χ4v) is 4.11. The van der Waals surface area contributed by atoms with Crippen LogP contribution in [0.25, 0.3) is 0 Å². The summed E-state index contributed by atoms with van der Waals surface area (Å²) in [6.45, 7) is 0.515. The molecule has 166 valence electrons. The molecule has 0 aromatic heterocycles. The first-order chi connectivity index (χ1) is 14.5. The minimum absolute atomic E-state index is 0.00257. The first kappa shape index (κ1) is 23.9. The second kappa shape index (κ2) is 10.1. The number of carbonyl (C=O) groups excluding carboxylic acids is 1. The first-order valence-corrected chi connectivity index (χ1v) is 10.2. The lowest BCUT2D eigenvalue weighted by molar-refractivity contribution is -0.159. The highest BCUT2D eigenvalue weighted by atomic mass is 32.2. The maximum Gasteiger partial charge on any atom is 0.414 e. The summed E-state index contributed by atoms with van der Waals surface area (Å²) in [5.41, 5.74) is -0.0302. The van der Waals surface area contributed by atoms with Crippen molar-refractivity contribution in [2.24, 2.45) is 0 Å². The number of benzene rings is 2. The number of hydrogen-bond donors (Lipinski definition) is 2. The number of rotatable bonds is 3. The second-order valence-corrected chi connectivity index (χ2v) is 8.18. The van der Waals surface area contributed by atoms with Gasteiger partial charge in [0.1, 0.15) is 11.6 Å². The summed E-state index contributed by atoms with van der Waals surface area (Å²) in [4.78, 5) is 32.0. The quantitative estimate of drug-likeness (QED) is 0.665. The average Bonchev–Trinajstić information content (AvgIpc) is 2.74. The summed E-state index contributed by atoms with van der Waals surface area (Å²) in [5, 5.41) is 14.8. The normalized spacial score (nSPS) is 14.3. The van der Waals surface area contributed by atoms with E-state index >= 15 is 0 Å². The number of sulfonamides is 1. The van der Waals surface area contributed by atoms with Crippen molar-refractivity contribution in [3.63, 3.8) is 0 Å². The van der Waals surface area contributed by atoms with Crippen molar-refractivity contribution in [3.05, 3.63) is 65.7 Å². The molecule has 0 bridgehead atoms. The zero-order valence-corrected chi connectivity index (χ0v) is 16.8. The molecule has 3 rings (SSSR count). The minimum Gasteiger partial charge on any atom is -0.473 e. The van der Waals surface area contributed by atoms with Gasteiger partial charge in [-0.05, 0) is 36.4 Å². The van der Waals surface area contributed by atoms with Gasteiger partial charge in [0, 0.05) is 26.2 Å². The van der Waals surface area contributed by atoms with E-state index in [2.05, 4.69) is 0 Å². The second-order valence-electron chi connectivity index (χ2n) is 6.24. The molecule has 31 heavy (non-hydrogen) atoms. The molecular formula is C19H18F2N2O7S. The van der Waals surface area contributed by atoms with Gasteiger partial charge < -0.3 is 15.1 Å². The Morgan fingerprint density at radius 2 is 1.32 bits per heavy atom. The van der Waals surface area contributed by atoms with E-state index in [1.807, 2.05) is 0 Å². The monoisotopic (exact) mass is 456 g/mol. The Kier molecular flexibility index (Phi) is 7.78. The molecule has 1 heterocycles. The van der Waals surface area contributed by atoms with Crippen molar-refractivity contribution >= 4 is 27.9 Å². The van der Waals surface area contributed by atoms with Gasteiger partial charge in [-0.2, -0.15) is 4.31 Å². The largest absolute Gasteiger partial charge is 0.473 e. The molecule has 12 heteroatoms. The molecule has 2 aromatic rings. The lowest BCUT2D eigenvalue weighted by Crippen LogP contribution is -2.50. The van der Waals surface area contributed by atoms with Gasteiger partial charge >= 0.3 is 11.9 Å². The van der Waals surface area contributed by atoms with Gasteiger partial charge in [0.2, 0.25) is 10.0 Å². The Morgan fingerprint density at radius 3 is 1.81 bits per heavy atom. The maximum absolute atomic E-state index is 13.7. The molecule has 0 radical (unpaired) electrons.